The molecule has 1 amide bonds. The Morgan fingerprint density at radius 1 is 1.25 bits per heavy atom. The van der Waals surface area contributed by atoms with Gasteiger partial charge in [-0.2, -0.15) is 0 Å². The molecule has 12 heavy (non-hydrogen) atoms. The standard InChI is InChI=1S/C9H9NO2/c11-8-7(9(12)10-8)6-4-2-1-3-5-6/h1-5,7-8,11H,(H,10,12)/t7-,8+/m1/s1. The fourth-order valence-corrected chi connectivity index (χ4v) is 1.36. The molecule has 1 aromatic rings. The first-order valence-electron chi connectivity index (χ1n) is 3.82. The van der Waals surface area contributed by atoms with Crippen LogP contribution in [0.25, 0.3) is 0 Å². The topological polar surface area (TPSA) is 49.3 Å². The van der Waals surface area contributed by atoms with Crippen molar-refractivity contribution in [3.63, 3.8) is 0 Å². The van der Waals surface area contributed by atoms with Crippen LogP contribution in [0.1, 0.15) is 11.5 Å². The molecule has 1 saturated heterocycles. The first-order valence-corrected chi connectivity index (χ1v) is 3.82. The van der Waals surface area contributed by atoms with E-state index < -0.39 is 6.23 Å². The van der Waals surface area contributed by atoms with Crippen molar-refractivity contribution in [2.45, 2.75) is 12.1 Å². The van der Waals surface area contributed by atoms with Gasteiger partial charge < -0.3 is 10.4 Å². The molecule has 1 fully saturated rings. The predicted octanol–water partition coefficient (Wildman–Crippen LogP) is 0.218. The average molecular weight is 163 g/mol. The van der Waals surface area contributed by atoms with Gasteiger partial charge in [-0.15, -0.1) is 0 Å². The van der Waals surface area contributed by atoms with Crippen molar-refractivity contribution in [2.24, 2.45) is 0 Å². The lowest BCUT2D eigenvalue weighted by Gasteiger charge is -2.32. The monoisotopic (exact) mass is 163 g/mol. The fourth-order valence-electron chi connectivity index (χ4n) is 1.36. The van der Waals surface area contributed by atoms with Gasteiger partial charge in [0.25, 0.3) is 0 Å². The van der Waals surface area contributed by atoms with Crippen LogP contribution in [0.3, 0.4) is 0 Å². The molecular formula is C9H9NO2. The minimum atomic E-state index is -0.708. The maximum absolute atomic E-state index is 11.0. The van der Waals surface area contributed by atoms with Crippen LogP contribution in [-0.2, 0) is 4.79 Å². The van der Waals surface area contributed by atoms with Gasteiger partial charge in [-0.1, -0.05) is 30.3 Å². The SMILES string of the molecule is O=C1N[C@@H](O)[C@H]1c1ccccc1. The number of carbonyl (C=O) groups excluding carboxylic acids is 1. The molecule has 0 saturated carbocycles. The molecule has 0 radical (unpaired) electrons. The van der Waals surface area contributed by atoms with E-state index >= 15 is 0 Å². The largest absolute Gasteiger partial charge is 0.373 e. The summed E-state index contributed by atoms with van der Waals surface area (Å²) in [6.45, 7) is 0. The van der Waals surface area contributed by atoms with E-state index in [-0.39, 0.29) is 11.8 Å². The summed E-state index contributed by atoms with van der Waals surface area (Å²) in [5.41, 5.74) is 0.869. The molecule has 2 atom stereocenters. The summed E-state index contributed by atoms with van der Waals surface area (Å²) in [5, 5.41) is 11.6. The Balaban J connectivity index is 2.26. The number of aliphatic hydroxyl groups excluding tert-OH is 1. The van der Waals surface area contributed by atoms with Crippen molar-refractivity contribution in [2.75, 3.05) is 0 Å². The van der Waals surface area contributed by atoms with Crippen LogP contribution in [0.15, 0.2) is 30.3 Å². The average Bonchev–Trinajstić information content (AvgIpc) is 2.05. The van der Waals surface area contributed by atoms with Gasteiger partial charge >= 0.3 is 0 Å². The molecule has 2 N–H and O–H groups in total. The Bertz CT molecular complexity index is 297. The van der Waals surface area contributed by atoms with E-state index in [1.807, 2.05) is 30.3 Å². The van der Waals surface area contributed by atoms with E-state index in [9.17, 15) is 9.90 Å². The van der Waals surface area contributed by atoms with E-state index in [0.717, 1.165) is 5.56 Å². The Morgan fingerprint density at radius 3 is 2.42 bits per heavy atom. The number of hydrogen-bond acceptors (Lipinski definition) is 2. The Hall–Kier alpha value is -1.35. The summed E-state index contributed by atoms with van der Waals surface area (Å²) in [6.07, 6.45) is -0.708. The zero-order valence-electron chi connectivity index (χ0n) is 6.40. The molecular weight excluding hydrogens is 154 g/mol. The Labute approximate surface area is 70.0 Å². The molecule has 62 valence electrons. The number of aliphatic hydroxyl groups is 1. The Kier molecular flexibility index (Phi) is 1.59. The molecule has 0 aliphatic carbocycles. The third kappa shape index (κ3) is 0.987. The second-order valence-corrected chi connectivity index (χ2v) is 2.84. The zero-order valence-corrected chi connectivity index (χ0v) is 6.40. The smallest absolute Gasteiger partial charge is 0.234 e. The molecule has 3 nitrogen and oxygen atoms in total. The van der Waals surface area contributed by atoms with E-state index in [2.05, 4.69) is 5.32 Å². The number of benzene rings is 1. The second-order valence-electron chi connectivity index (χ2n) is 2.84. The molecule has 0 aromatic heterocycles. The van der Waals surface area contributed by atoms with Crippen LogP contribution in [0, 0.1) is 0 Å². The van der Waals surface area contributed by atoms with E-state index in [0.29, 0.717) is 0 Å². The minimum absolute atomic E-state index is 0.103. The van der Waals surface area contributed by atoms with Crippen LogP contribution in [0.2, 0.25) is 0 Å². The number of amides is 1. The third-order valence-corrected chi connectivity index (χ3v) is 2.05. The van der Waals surface area contributed by atoms with Gasteiger partial charge in [-0.05, 0) is 5.56 Å². The molecule has 0 unspecified atom stereocenters. The summed E-state index contributed by atoms with van der Waals surface area (Å²) < 4.78 is 0. The molecule has 1 heterocycles. The van der Waals surface area contributed by atoms with Gasteiger partial charge in [-0.3, -0.25) is 4.79 Å². The molecule has 1 aliphatic heterocycles. The van der Waals surface area contributed by atoms with Crippen LogP contribution < -0.4 is 5.32 Å². The highest BCUT2D eigenvalue weighted by Gasteiger charge is 2.38. The van der Waals surface area contributed by atoms with Crippen LogP contribution >= 0.6 is 0 Å². The van der Waals surface area contributed by atoms with Gasteiger partial charge in [-0.25, -0.2) is 0 Å². The van der Waals surface area contributed by atoms with Crippen LogP contribution in [0.5, 0.6) is 0 Å². The van der Waals surface area contributed by atoms with Gasteiger partial charge in [0.2, 0.25) is 5.91 Å². The third-order valence-electron chi connectivity index (χ3n) is 2.05. The molecule has 0 bridgehead atoms. The first kappa shape index (κ1) is 7.31. The van der Waals surface area contributed by atoms with Crippen LogP contribution in [-0.4, -0.2) is 17.2 Å². The predicted molar refractivity (Wildman–Crippen MR) is 43.3 cm³/mol. The number of rotatable bonds is 1. The highest BCUT2D eigenvalue weighted by Crippen LogP contribution is 2.25. The van der Waals surface area contributed by atoms with Crippen molar-refractivity contribution >= 4 is 5.91 Å². The number of hydrogen-bond donors (Lipinski definition) is 2. The number of nitrogens with one attached hydrogen (secondary N) is 1. The quantitative estimate of drug-likeness (QED) is 0.582. The Morgan fingerprint density at radius 2 is 1.92 bits per heavy atom. The molecule has 1 aliphatic rings. The first-order chi connectivity index (χ1) is 5.79. The highest BCUT2D eigenvalue weighted by molar-refractivity contribution is 5.90. The lowest BCUT2D eigenvalue weighted by atomic mass is 9.91. The van der Waals surface area contributed by atoms with Gasteiger partial charge in [0.05, 0.1) is 0 Å². The minimum Gasteiger partial charge on any atom is -0.373 e. The lowest BCUT2D eigenvalue weighted by molar-refractivity contribution is -0.139. The number of β-lactam (4-membered cyclic amide) rings is 1. The summed E-state index contributed by atoms with van der Waals surface area (Å²) in [5.74, 6) is -0.472. The molecule has 0 spiro atoms. The van der Waals surface area contributed by atoms with Crippen molar-refractivity contribution in [3.8, 4) is 0 Å². The summed E-state index contributed by atoms with van der Waals surface area (Å²) >= 11 is 0. The molecule has 3 heteroatoms. The van der Waals surface area contributed by atoms with Gasteiger partial charge in [0.15, 0.2) is 0 Å². The number of carbonyl (C=O) groups is 1. The second kappa shape index (κ2) is 2.60. The molecule has 2 rings (SSSR count). The van der Waals surface area contributed by atoms with E-state index in [1.165, 1.54) is 0 Å². The summed E-state index contributed by atoms with van der Waals surface area (Å²) in [6, 6.07) is 9.27. The maximum Gasteiger partial charge on any atom is 0.234 e. The maximum atomic E-state index is 11.0. The summed E-state index contributed by atoms with van der Waals surface area (Å²) in [7, 11) is 0. The van der Waals surface area contributed by atoms with E-state index in [4.69, 9.17) is 0 Å². The normalized spacial score (nSPS) is 27.6. The molecule has 1 aromatic carbocycles. The van der Waals surface area contributed by atoms with E-state index in [1.54, 1.807) is 0 Å². The van der Waals surface area contributed by atoms with Crippen molar-refractivity contribution in [1.29, 1.82) is 0 Å². The highest BCUT2D eigenvalue weighted by atomic mass is 16.3. The summed E-state index contributed by atoms with van der Waals surface area (Å²) in [4.78, 5) is 11.0. The fraction of sp³-hybridized carbons (Fsp3) is 0.222. The van der Waals surface area contributed by atoms with Crippen LogP contribution in [0.4, 0.5) is 0 Å². The van der Waals surface area contributed by atoms with Gasteiger partial charge in [0.1, 0.15) is 12.1 Å². The van der Waals surface area contributed by atoms with Crippen molar-refractivity contribution in [1.82, 2.24) is 5.32 Å². The van der Waals surface area contributed by atoms with Gasteiger partial charge in [0, 0.05) is 0 Å². The lowest BCUT2D eigenvalue weighted by Crippen LogP contribution is -2.56. The van der Waals surface area contributed by atoms with Crippen molar-refractivity contribution in [3.05, 3.63) is 35.9 Å². The zero-order chi connectivity index (χ0) is 8.55. The van der Waals surface area contributed by atoms with Crippen molar-refractivity contribution < 1.29 is 9.90 Å².